The molecule has 2 aromatic rings. The van der Waals surface area contributed by atoms with Gasteiger partial charge in [0.15, 0.2) is 0 Å². The summed E-state index contributed by atoms with van der Waals surface area (Å²) in [6.45, 7) is 0.694. The van der Waals surface area contributed by atoms with Crippen LogP contribution in [0.1, 0.15) is 5.56 Å². The standard InChI is InChI=1S/C18H21F2N3O/c1-22(2)17-7-5-4-6-13(17)11-23(3)12-18(24)21-16-9-14(19)8-15(20)10-16/h4-10H,11-12H2,1-3H3,(H,21,24). The molecule has 0 atom stereocenters. The predicted octanol–water partition coefficient (Wildman–Crippen LogP) is 3.10. The van der Waals surface area contributed by atoms with E-state index in [1.807, 2.05) is 55.2 Å². The van der Waals surface area contributed by atoms with Crippen LogP contribution in [0.15, 0.2) is 42.5 Å². The second kappa shape index (κ2) is 7.88. The minimum absolute atomic E-state index is 0.111. The number of nitrogens with zero attached hydrogens (tertiary/aromatic N) is 2. The molecule has 0 unspecified atom stereocenters. The lowest BCUT2D eigenvalue weighted by molar-refractivity contribution is -0.117. The lowest BCUT2D eigenvalue weighted by Crippen LogP contribution is -2.30. The number of nitrogens with one attached hydrogen (secondary N) is 1. The first-order valence-electron chi connectivity index (χ1n) is 7.55. The van der Waals surface area contributed by atoms with Gasteiger partial charge < -0.3 is 10.2 Å². The predicted molar refractivity (Wildman–Crippen MR) is 92.1 cm³/mol. The summed E-state index contributed by atoms with van der Waals surface area (Å²) < 4.78 is 26.3. The molecule has 0 spiro atoms. The van der Waals surface area contributed by atoms with Gasteiger partial charge in [-0.1, -0.05) is 18.2 Å². The molecule has 1 amide bonds. The van der Waals surface area contributed by atoms with Crippen LogP contribution in [0.4, 0.5) is 20.2 Å². The van der Waals surface area contributed by atoms with Crippen molar-refractivity contribution >= 4 is 17.3 Å². The molecule has 0 saturated heterocycles. The fourth-order valence-electron chi connectivity index (χ4n) is 2.50. The summed E-state index contributed by atoms with van der Waals surface area (Å²) in [7, 11) is 5.74. The molecule has 0 aromatic heterocycles. The molecule has 2 aromatic carbocycles. The fraction of sp³-hybridized carbons (Fsp3) is 0.278. The molecule has 24 heavy (non-hydrogen) atoms. The van der Waals surface area contributed by atoms with Crippen LogP contribution < -0.4 is 10.2 Å². The van der Waals surface area contributed by atoms with Crippen molar-refractivity contribution in [2.75, 3.05) is 37.9 Å². The van der Waals surface area contributed by atoms with Crippen molar-refractivity contribution in [1.82, 2.24) is 4.90 Å². The van der Waals surface area contributed by atoms with E-state index in [1.165, 1.54) is 0 Å². The second-order valence-electron chi connectivity index (χ2n) is 5.90. The summed E-state index contributed by atoms with van der Waals surface area (Å²) in [5, 5.41) is 2.51. The van der Waals surface area contributed by atoms with Crippen molar-refractivity contribution in [3.8, 4) is 0 Å². The van der Waals surface area contributed by atoms with E-state index in [2.05, 4.69) is 5.32 Å². The Hall–Kier alpha value is -2.47. The molecular weight excluding hydrogens is 312 g/mol. The first-order valence-corrected chi connectivity index (χ1v) is 7.55. The molecule has 0 aliphatic carbocycles. The molecule has 0 fully saturated rings. The summed E-state index contributed by atoms with van der Waals surface area (Å²) in [6, 6.07) is 10.9. The summed E-state index contributed by atoms with van der Waals surface area (Å²) >= 11 is 0. The quantitative estimate of drug-likeness (QED) is 0.882. The zero-order chi connectivity index (χ0) is 17.7. The molecule has 1 N–H and O–H groups in total. The van der Waals surface area contributed by atoms with E-state index in [-0.39, 0.29) is 18.1 Å². The van der Waals surface area contributed by atoms with Crippen LogP contribution in [0.25, 0.3) is 0 Å². The first kappa shape index (κ1) is 17.9. The van der Waals surface area contributed by atoms with E-state index >= 15 is 0 Å². The average Bonchev–Trinajstić information content (AvgIpc) is 2.45. The topological polar surface area (TPSA) is 35.6 Å². The lowest BCUT2D eigenvalue weighted by Gasteiger charge is -2.21. The summed E-state index contributed by atoms with van der Waals surface area (Å²) in [5.41, 5.74) is 2.28. The number of hydrogen-bond acceptors (Lipinski definition) is 3. The van der Waals surface area contributed by atoms with Gasteiger partial charge in [-0.25, -0.2) is 8.78 Å². The second-order valence-corrected chi connectivity index (χ2v) is 5.90. The fourth-order valence-corrected chi connectivity index (χ4v) is 2.50. The number of carbonyl (C=O) groups excluding carboxylic acids is 1. The van der Waals surface area contributed by atoms with E-state index in [0.717, 1.165) is 29.4 Å². The number of rotatable bonds is 6. The van der Waals surface area contributed by atoms with Crippen LogP contribution in [0.3, 0.4) is 0 Å². The maximum atomic E-state index is 13.1. The number of anilines is 2. The zero-order valence-corrected chi connectivity index (χ0v) is 14.0. The highest BCUT2D eigenvalue weighted by molar-refractivity contribution is 5.92. The number of likely N-dealkylation sites (N-methyl/N-ethyl adjacent to an activating group) is 1. The molecule has 2 rings (SSSR count). The first-order chi connectivity index (χ1) is 11.3. The number of benzene rings is 2. The number of carbonyl (C=O) groups is 1. The van der Waals surface area contributed by atoms with Crippen LogP contribution in [0, 0.1) is 11.6 Å². The van der Waals surface area contributed by atoms with Crippen molar-refractivity contribution in [2.45, 2.75) is 6.54 Å². The van der Waals surface area contributed by atoms with Crippen LogP contribution in [0.2, 0.25) is 0 Å². The minimum Gasteiger partial charge on any atom is -0.377 e. The van der Waals surface area contributed by atoms with Gasteiger partial charge in [0.25, 0.3) is 0 Å². The normalized spacial score (nSPS) is 10.8. The van der Waals surface area contributed by atoms with E-state index in [0.29, 0.717) is 6.54 Å². The SMILES string of the molecule is CN(CC(=O)Nc1cc(F)cc(F)c1)Cc1ccccc1N(C)C. The maximum Gasteiger partial charge on any atom is 0.238 e. The van der Waals surface area contributed by atoms with Crippen LogP contribution in [-0.2, 0) is 11.3 Å². The van der Waals surface area contributed by atoms with Crippen LogP contribution >= 0.6 is 0 Å². The third-order valence-electron chi connectivity index (χ3n) is 3.47. The summed E-state index contributed by atoms with van der Waals surface area (Å²) in [5.74, 6) is -1.78. The third-order valence-corrected chi connectivity index (χ3v) is 3.47. The maximum absolute atomic E-state index is 13.1. The van der Waals surface area contributed by atoms with Gasteiger partial charge in [-0.05, 0) is 30.8 Å². The van der Waals surface area contributed by atoms with Crippen LogP contribution in [-0.4, -0.2) is 38.5 Å². The zero-order valence-electron chi connectivity index (χ0n) is 14.0. The highest BCUT2D eigenvalue weighted by Crippen LogP contribution is 2.19. The van der Waals surface area contributed by atoms with Crippen molar-refractivity contribution in [2.24, 2.45) is 0 Å². The molecule has 128 valence electrons. The Kier molecular flexibility index (Phi) is 5.87. The molecule has 0 aliphatic heterocycles. The summed E-state index contributed by atoms with van der Waals surface area (Å²) in [4.78, 5) is 15.9. The van der Waals surface area contributed by atoms with Crippen LogP contribution in [0.5, 0.6) is 0 Å². The van der Waals surface area contributed by atoms with E-state index in [1.54, 1.807) is 0 Å². The Bertz CT molecular complexity index is 699. The van der Waals surface area contributed by atoms with Gasteiger partial charge in [0, 0.05) is 38.1 Å². The smallest absolute Gasteiger partial charge is 0.238 e. The number of para-hydroxylation sites is 1. The van der Waals surface area contributed by atoms with Gasteiger partial charge in [-0.15, -0.1) is 0 Å². The molecule has 0 aliphatic rings. The number of hydrogen-bond donors (Lipinski definition) is 1. The molecular formula is C18H21F2N3O. The van der Waals surface area contributed by atoms with E-state index in [9.17, 15) is 13.6 Å². The largest absolute Gasteiger partial charge is 0.377 e. The Morgan fingerprint density at radius 1 is 1.04 bits per heavy atom. The molecule has 4 nitrogen and oxygen atoms in total. The van der Waals surface area contributed by atoms with Gasteiger partial charge in [0.2, 0.25) is 5.91 Å². The van der Waals surface area contributed by atoms with Gasteiger partial charge in [-0.3, -0.25) is 9.69 Å². The lowest BCUT2D eigenvalue weighted by atomic mass is 10.1. The Balaban J connectivity index is 1.97. The van der Waals surface area contributed by atoms with Crippen molar-refractivity contribution in [3.63, 3.8) is 0 Å². The molecule has 6 heteroatoms. The molecule has 0 heterocycles. The molecule has 0 radical (unpaired) electrons. The molecule has 0 bridgehead atoms. The van der Waals surface area contributed by atoms with E-state index in [4.69, 9.17) is 0 Å². The highest BCUT2D eigenvalue weighted by atomic mass is 19.1. The van der Waals surface area contributed by atoms with Crippen molar-refractivity contribution in [3.05, 3.63) is 59.7 Å². The Morgan fingerprint density at radius 3 is 2.29 bits per heavy atom. The van der Waals surface area contributed by atoms with Gasteiger partial charge >= 0.3 is 0 Å². The minimum atomic E-state index is -0.724. The van der Waals surface area contributed by atoms with Gasteiger partial charge in [0.1, 0.15) is 11.6 Å². The molecule has 0 saturated carbocycles. The van der Waals surface area contributed by atoms with Gasteiger partial charge in [0.05, 0.1) is 6.54 Å². The Labute approximate surface area is 140 Å². The van der Waals surface area contributed by atoms with Crippen molar-refractivity contribution in [1.29, 1.82) is 0 Å². The average molecular weight is 333 g/mol. The Morgan fingerprint density at radius 2 is 1.67 bits per heavy atom. The summed E-state index contributed by atoms with van der Waals surface area (Å²) in [6.07, 6.45) is 0. The monoisotopic (exact) mass is 333 g/mol. The van der Waals surface area contributed by atoms with Gasteiger partial charge in [-0.2, -0.15) is 0 Å². The van der Waals surface area contributed by atoms with E-state index < -0.39 is 11.6 Å². The number of amides is 1. The van der Waals surface area contributed by atoms with Crippen molar-refractivity contribution < 1.29 is 13.6 Å². The number of halogens is 2. The highest BCUT2D eigenvalue weighted by Gasteiger charge is 2.11. The third kappa shape index (κ3) is 5.03.